The van der Waals surface area contributed by atoms with Gasteiger partial charge in [-0.2, -0.15) is 0 Å². The zero-order valence-electron chi connectivity index (χ0n) is 13.8. The molecule has 0 saturated carbocycles. The highest BCUT2D eigenvalue weighted by Crippen LogP contribution is 2.42. The summed E-state index contributed by atoms with van der Waals surface area (Å²) in [6.07, 6.45) is 5.72. The largest absolute Gasteiger partial charge is 0.507 e. The van der Waals surface area contributed by atoms with Gasteiger partial charge in [-0.1, -0.05) is 53.7 Å². The lowest BCUT2D eigenvalue weighted by atomic mass is 9.78. The van der Waals surface area contributed by atoms with E-state index in [0.717, 1.165) is 24.0 Å². The summed E-state index contributed by atoms with van der Waals surface area (Å²) in [7, 11) is 0. The van der Waals surface area contributed by atoms with Crippen LogP contribution in [0, 0.1) is 0 Å². The molecule has 0 amide bonds. The van der Waals surface area contributed by atoms with Gasteiger partial charge in [0.1, 0.15) is 5.75 Å². The molecule has 0 radical (unpaired) electrons. The molecule has 1 nitrogen and oxygen atoms in total. The number of allylic oxidation sites excluding steroid dienone is 2. The monoisotopic (exact) mass is 272 g/mol. The molecule has 0 bridgehead atoms. The summed E-state index contributed by atoms with van der Waals surface area (Å²) in [5.41, 5.74) is 4.80. The second-order valence-corrected chi connectivity index (χ2v) is 8.04. The van der Waals surface area contributed by atoms with E-state index in [-0.39, 0.29) is 10.8 Å². The number of aromatic hydroxyl groups is 1. The minimum Gasteiger partial charge on any atom is -0.507 e. The summed E-state index contributed by atoms with van der Waals surface area (Å²) >= 11 is 0. The van der Waals surface area contributed by atoms with Crippen LogP contribution in [0.5, 0.6) is 5.75 Å². The van der Waals surface area contributed by atoms with Gasteiger partial charge in [-0.25, -0.2) is 0 Å². The predicted molar refractivity (Wildman–Crippen MR) is 87.3 cm³/mol. The molecule has 1 aromatic rings. The third-order valence-corrected chi connectivity index (χ3v) is 4.17. The zero-order valence-corrected chi connectivity index (χ0v) is 13.8. The highest BCUT2D eigenvalue weighted by Gasteiger charge is 2.26. The molecule has 1 aromatic carbocycles. The summed E-state index contributed by atoms with van der Waals surface area (Å²) in [5, 5.41) is 10.7. The first-order valence-corrected chi connectivity index (χ1v) is 7.68. The van der Waals surface area contributed by atoms with Crippen LogP contribution in [0.3, 0.4) is 0 Å². The summed E-state index contributed by atoms with van der Waals surface area (Å²) < 4.78 is 0. The quantitative estimate of drug-likeness (QED) is 0.710. The van der Waals surface area contributed by atoms with Crippen molar-refractivity contribution in [2.75, 3.05) is 0 Å². The normalized spacial score (nSPS) is 16.4. The fourth-order valence-electron chi connectivity index (χ4n) is 2.80. The Morgan fingerprint density at radius 2 is 1.60 bits per heavy atom. The Hall–Kier alpha value is -1.24. The van der Waals surface area contributed by atoms with Crippen molar-refractivity contribution in [1.29, 1.82) is 0 Å². The van der Waals surface area contributed by atoms with Gasteiger partial charge >= 0.3 is 0 Å². The van der Waals surface area contributed by atoms with E-state index in [2.05, 4.69) is 59.8 Å². The van der Waals surface area contributed by atoms with Crippen LogP contribution >= 0.6 is 0 Å². The number of hydrogen-bond donors (Lipinski definition) is 1. The minimum absolute atomic E-state index is 0.0424. The van der Waals surface area contributed by atoms with Crippen LogP contribution in [0.1, 0.15) is 77.5 Å². The first kappa shape index (κ1) is 15.2. The number of benzene rings is 1. The number of hydrogen-bond acceptors (Lipinski definition) is 1. The molecule has 0 aliphatic heterocycles. The van der Waals surface area contributed by atoms with Crippen molar-refractivity contribution >= 4 is 5.57 Å². The Morgan fingerprint density at radius 3 is 2.05 bits per heavy atom. The molecule has 20 heavy (non-hydrogen) atoms. The maximum atomic E-state index is 10.7. The first-order chi connectivity index (χ1) is 9.10. The van der Waals surface area contributed by atoms with Crippen LogP contribution in [0.4, 0.5) is 0 Å². The van der Waals surface area contributed by atoms with Gasteiger partial charge in [0.2, 0.25) is 0 Å². The van der Waals surface area contributed by atoms with E-state index in [1.54, 1.807) is 0 Å². The summed E-state index contributed by atoms with van der Waals surface area (Å²) in [6, 6.07) is 4.38. The van der Waals surface area contributed by atoms with E-state index in [4.69, 9.17) is 0 Å². The smallest absolute Gasteiger partial charge is 0.126 e. The molecular formula is C19H28O. The summed E-state index contributed by atoms with van der Waals surface area (Å²) in [6.45, 7) is 13.2. The van der Waals surface area contributed by atoms with E-state index in [0.29, 0.717) is 5.75 Å². The van der Waals surface area contributed by atoms with Crippen LogP contribution in [-0.4, -0.2) is 5.11 Å². The lowest BCUT2D eigenvalue weighted by molar-refractivity contribution is 0.443. The molecule has 110 valence electrons. The van der Waals surface area contributed by atoms with Crippen molar-refractivity contribution in [3.05, 3.63) is 34.9 Å². The average Bonchev–Trinajstić information content (AvgIpc) is 2.79. The minimum atomic E-state index is -0.0424. The molecule has 2 rings (SSSR count). The average molecular weight is 272 g/mol. The second-order valence-electron chi connectivity index (χ2n) is 8.04. The molecule has 1 aliphatic carbocycles. The predicted octanol–water partition coefficient (Wildman–Crippen LogP) is 5.55. The molecule has 0 fully saturated rings. The Labute approximate surface area is 123 Å². The second kappa shape index (κ2) is 4.95. The molecule has 1 heteroatoms. The van der Waals surface area contributed by atoms with Gasteiger partial charge < -0.3 is 5.11 Å². The topological polar surface area (TPSA) is 20.2 Å². The third kappa shape index (κ3) is 2.92. The van der Waals surface area contributed by atoms with E-state index >= 15 is 0 Å². The standard InChI is InChI=1S/C19H28O/c1-18(2,3)14-11-15(13-9-7-8-10-13)17(20)16(12-14)19(4,5)6/h9,11-12,20H,7-8,10H2,1-6H3. The SMILES string of the molecule is CC(C)(C)c1cc(C2=CCCC2)c(O)c(C(C)(C)C)c1. The Bertz CT molecular complexity index is 536. The first-order valence-electron chi connectivity index (χ1n) is 7.68. The van der Waals surface area contributed by atoms with Gasteiger partial charge in [0.25, 0.3) is 0 Å². The van der Waals surface area contributed by atoms with Gasteiger partial charge in [0.05, 0.1) is 0 Å². The molecule has 0 heterocycles. The molecule has 0 spiro atoms. The molecule has 0 saturated heterocycles. The Balaban J connectivity index is 2.67. The molecule has 0 atom stereocenters. The van der Waals surface area contributed by atoms with E-state index in [1.165, 1.54) is 17.6 Å². The maximum Gasteiger partial charge on any atom is 0.126 e. The molecular weight excluding hydrogens is 244 g/mol. The Morgan fingerprint density at radius 1 is 0.950 bits per heavy atom. The van der Waals surface area contributed by atoms with Crippen molar-refractivity contribution in [2.24, 2.45) is 0 Å². The number of phenols is 1. The summed E-state index contributed by atoms with van der Waals surface area (Å²) in [5.74, 6) is 0.485. The molecule has 1 N–H and O–H groups in total. The lowest BCUT2D eigenvalue weighted by Gasteiger charge is -2.28. The van der Waals surface area contributed by atoms with Gasteiger partial charge in [-0.15, -0.1) is 0 Å². The van der Waals surface area contributed by atoms with Crippen LogP contribution in [-0.2, 0) is 10.8 Å². The maximum absolute atomic E-state index is 10.7. The van der Waals surface area contributed by atoms with Crippen LogP contribution < -0.4 is 0 Å². The van der Waals surface area contributed by atoms with Gasteiger partial charge in [-0.05, 0) is 47.3 Å². The van der Waals surface area contributed by atoms with Crippen LogP contribution in [0.15, 0.2) is 18.2 Å². The highest BCUT2D eigenvalue weighted by atomic mass is 16.3. The van der Waals surface area contributed by atoms with Crippen molar-refractivity contribution in [1.82, 2.24) is 0 Å². The lowest BCUT2D eigenvalue weighted by Crippen LogP contribution is -2.17. The van der Waals surface area contributed by atoms with E-state index < -0.39 is 0 Å². The van der Waals surface area contributed by atoms with Crippen LogP contribution in [0.25, 0.3) is 5.57 Å². The Kier molecular flexibility index (Phi) is 3.75. The van der Waals surface area contributed by atoms with Gasteiger partial charge in [-0.3, -0.25) is 0 Å². The number of phenolic OH excluding ortho intramolecular Hbond substituents is 1. The number of rotatable bonds is 1. The third-order valence-electron chi connectivity index (χ3n) is 4.17. The van der Waals surface area contributed by atoms with Crippen molar-refractivity contribution in [3.8, 4) is 5.75 Å². The summed E-state index contributed by atoms with van der Waals surface area (Å²) in [4.78, 5) is 0. The zero-order chi connectivity index (χ0) is 15.1. The van der Waals surface area contributed by atoms with Gasteiger partial charge in [0.15, 0.2) is 0 Å². The van der Waals surface area contributed by atoms with E-state index in [9.17, 15) is 5.11 Å². The van der Waals surface area contributed by atoms with Crippen molar-refractivity contribution < 1.29 is 5.11 Å². The molecule has 0 unspecified atom stereocenters. The highest BCUT2D eigenvalue weighted by molar-refractivity contribution is 5.74. The van der Waals surface area contributed by atoms with Crippen molar-refractivity contribution in [2.45, 2.75) is 71.6 Å². The molecule has 1 aliphatic rings. The van der Waals surface area contributed by atoms with Crippen LogP contribution in [0.2, 0.25) is 0 Å². The molecule has 0 aromatic heterocycles. The van der Waals surface area contributed by atoms with Crippen molar-refractivity contribution in [3.63, 3.8) is 0 Å². The van der Waals surface area contributed by atoms with Gasteiger partial charge in [0, 0.05) is 11.1 Å². The van der Waals surface area contributed by atoms with E-state index in [1.807, 2.05) is 0 Å². The fourth-order valence-corrected chi connectivity index (χ4v) is 2.80. The fraction of sp³-hybridized carbons (Fsp3) is 0.579.